The minimum atomic E-state index is -8.74. The molecular formula is C9BrF17. The molecule has 27 heavy (non-hydrogen) atoms. The molecule has 0 heterocycles. The minimum absolute atomic E-state index is 0.328. The quantitative estimate of drug-likeness (QED) is 0.293. The molecule has 0 aromatic carbocycles. The van der Waals surface area contributed by atoms with Gasteiger partial charge in [-0.15, -0.1) is 0 Å². The van der Waals surface area contributed by atoms with E-state index < -0.39 is 52.0 Å². The normalized spacial score (nSPS) is 35.8. The summed E-state index contributed by atoms with van der Waals surface area (Å²) in [4.78, 5) is 0. The van der Waals surface area contributed by atoms with Crippen molar-refractivity contribution in [1.29, 1.82) is 0 Å². The van der Waals surface area contributed by atoms with Crippen LogP contribution in [0, 0.1) is 0 Å². The molecule has 0 N–H and O–H groups in total. The fourth-order valence-corrected chi connectivity index (χ4v) is 2.70. The molecule has 0 amide bonds. The van der Waals surface area contributed by atoms with Crippen molar-refractivity contribution in [3.8, 4) is 0 Å². The van der Waals surface area contributed by atoms with Gasteiger partial charge in [-0.3, -0.25) is 0 Å². The molecule has 0 saturated heterocycles. The van der Waals surface area contributed by atoms with Gasteiger partial charge in [-0.1, -0.05) is 0 Å². The first kappa shape index (κ1) is 24.3. The van der Waals surface area contributed by atoms with Crippen molar-refractivity contribution in [3.05, 3.63) is 0 Å². The molecule has 0 bridgehead atoms. The zero-order chi connectivity index (χ0) is 22.5. The smallest absolute Gasteiger partial charge is 0.225 e. The van der Waals surface area contributed by atoms with E-state index in [2.05, 4.69) is 0 Å². The standard InChI is InChI=1S/C9BrF17/c10-3(13)6(18,19)4(14,15)1(11,5(16,17)7(3,20)21)2(12,8(22,23)24)9(25,26)27. The maximum absolute atomic E-state index is 14.0. The summed E-state index contributed by atoms with van der Waals surface area (Å²) in [6, 6.07) is 0. The van der Waals surface area contributed by atoms with E-state index in [1.54, 1.807) is 0 Å². The molecule has 0 unspecified atom stereocenters. The first-order valence-electron chi connectivity index (χ1n) is 5.65. The van der Waals surface area contributed by atoms with E-state index in [-0.39, 0.29) is 0 Å². The van der Waals surface area contributed by atoms with E-state index in [9.17, 15) is 74.6 Å². The SMILES string of the molecule is FC(F)(F)C(F)(C(F)(F)F)C1(F)C(F)(F)C(F)(F)C(F)(Br)C(F)(F)C1(F)F. The highest BCUT2D eigenvalue weighted by Gasteiger charge is 3.08. The topological polar surface area (TPSA) is 0 Å². The van der Waals surface area contributed by atoms with Crippen LogP contribution in [-0.2, 0) is 0 Å². The van der Waals surface area contributed by atoms with Crippen molar-refractivity contribution in [1.82, 2.24) is 0 Å². The lowest BCUT2D eigenvalue weighted by atomic mass is 9.65. The molecule has 0 radical (unpaired) electrons. The predicted molar refractivity (Wildman–Crippen MR) is 52.3 cm³/mol. The van der Waals surface area contributed by atoms with E-state index in [4.69, 9.17) is 0 Å². The molecule has 1 saturated carbocycles. The van der Waals surface area contributed by atoms with Crippen molar-refractivity contribution in [2.45, 2.75) is 52.0 Å². The summed E-state index contributed by atoms with van der Waals surface area (Å²) in [7, 11) is 0. The van der Waals surface area contributed by atoms with Crippen LogP contribution in [0.25, 0.3) is 0 Å². The van der Waals surface area contributed by atoms with Gasteiger partial charge in [-0.2, -0.15) is 61.5 Å². The Morgan fingerprint density at radius 3 is 0.852 bits per heavy atom. The van der Waals surface area contributed by atoms with E-state index in [0.29, 0.717) is 15.9 Å². The van der Waals surface area contributed by atoms with Gasteiger partial charge < -0.3 is 0 Å². The fraction of sp³-hybridized carbons (Fsp3) is 1.00. The Morgan fingerprint density at radius 1 is 0.444 bits per heavy atom. The van der Waals surface area contributed by atoms with Crippen LogP contribution >= 0.6 is 15.9 Å². The minimum Gasteiger partial charge on any atom is -0.225 e. The fourth-order valence-electron chi connectivity index (χ4n) is 2.21. The Morgan fingerprint density at radius 2 is 0.667 bits per heavy atom. The Kier molecular flexibility index (Phi) is 4.73. The van der Waals surface area contributed by atoms with E-state index in [0.717, 1.165) is 0 Å². The van der Waals surface area contributed by atoms with Crippen LogP contribution in [0.3, 0.4) is 0 Å². The summed E-state index contributed by atoms with van der Waals surface area (Å²) in [6.07, 6.45) is -16.5. The molecule has 0 aromatic heterocycles. The summed E-state index contributed by atoms with van der Waals surface area (Å²) in [5, 5.41) is 0. The van der Waals surface area contributed by atoms with E-state index in [1.807, 2.05) is 0 Å². The summed E-state index contributed by atoms with van der Waals surface area (Å²) < 4.78 is 216. The highest BCUT2D eigenvalue weighted by atomic mass is 79.9. The van der Waals surface area contributed by atoms with Crippen molar-refractivity contribution >= 4 is 15.9 Å². The molecule has 0 aromatic rings. The lowest BCUT2D eigenvalue weighted by Crippen LogP contribution is -2.90. The van der Waals surface area contributed by atoms with Crippen LogP contribution in [0.1, 0.15) is 0 Å². The Labute approximate surface area is 143 Å². The van der Waals surface area contributed by atoms with Crippen molar-refractivity contribution in [2.24, 2.45) is 0 Å². The maximum Gasteiger partial charge on any atom is 0.435 e. The lowest BCUT2D eigenvalue weighted by Gasteiger charge is -2.56. The third-order valence-corrected chi connectivity index (χ3v) is 4.69. The van der Waals surface area contributed by atoms with Gasteiger partial charge in [0.15, 0.2) is 0 Å². The van der Waals surface area contributed by atoms with Crippen molar-refractivity contribution in [3.63, 3.8) is 0 Å². The largest absolute Gasteiger partial charge is 0.435 e. The van der Waals surface area contributed by atoms with Gasteiger partial charge in [0, 0.05) is 0 Å². The van der Waals surface area contributed by atoms with Crippen molar-refractivity contribution in [2.75, 3.05) is 0 Å². The maximum atomic E-state index is 14.0. The highest BCUT2D eigenvalue weighted by molar-refractivity contribution is 9.10. The third-order valence-electron chi connectivity index (χ3n) is 3.70. The van der Waals surface area contributed by atoms with Gasteiger partial charge in [0.05, 0.1) is 0 Å². The van der Waals surface area contributed by atoms with E-state index in [1.165, 1.54) is 0 Å². The first-order valence-corrected chi connectivity index (χ1v) is 6.44. The Hall–Kier alpha value is -0.710. The van der Waals surface area contributed by atoms with Gasteiger partial charge in [0.2, 0.25) is 0 Å². The second-order valence-corrected chi connectivity index (χ2v) is 6.28. The summed E-state index contributed by atoms with van der Waals surface area (Å²) in [5.74, 6) is -32.1. The Bertz CT molecular complexity index is 565. The molecule has 0 atom stereocenters. The molecule has 1 aliphatic carbocycles. The number of rotatable bonds is 1. The molecule has 0 aliphatic heterocycles. The molecule has 0 spiro atoms. The second-order valence-electron chi connectivity index (χ2n) is 5.18. The molecule has 162 valence electrons. The van der Waals surface area contributed by atoms with Gasteiger partial charge in [-0.25, -0.2) is 13.2 Å². The van der Waals surface area contributed by atoms with Gasteiger partial charge >= 0.3 is 52.0 Å². The van der Waals surface area contributed by atoms with Crippen LogP contribution in [0.5, 0.6) is 0 Å². The average molecular weight is 511 g/mol. The second kappa shape index (κ2) is 5.25. The average Bonchev–Trinajstić information content (AvgIpc) is 2.40. The van der Waals surface area contributed by atoms with Crippen LogP contribution in [0.4, 0.5) is 74.6 Å². The van der Waals surface area contributed by atoms with Gasteiger partial charge in [0.25, 0.3) is 0 Å². The van der Waals surface area contributed by atoms with Crippen LogP contribution in [-0.4, -0.2) is 52.0 Å². The highest BCUT2D eigenvalue weighted by Crippen LogP contribution is 2.76. The molecule has 18 heteroatoms. The number of alkyl halides is 18. The first-order chi connectivity index (χ1) is 11.2. The molecule has 1 aliphatic rings. The summed E-state index contributed by atoms with van der Waals surface area (Å²) in [5.41, 5.74) is -17.4. The number of hydrogen-bond donors (Lipinski definition) is 0. The van der Waals surface area contributed by atoms with Gasteiger partial charge in [-0.05, 0) is 15.9 Å². The number of hydrogen-bond acceptors (Lipinski definition) is 0. The van der Waals surface area contributed by atoms with Crippen molar-refractivity contribution < 1.29 is 74.6 Å². The van der Waals surface area contributed by atoms with Crippen LogP contribution < -0.4 is 0 Å². The molecule has 1 rings (SSSR count). The Balaban J connectivity index is 4.26. The van der Waals surface area contributed by atoms with E-state index >= 15 is 0 Å². The lowest BCUT2D eigenvalue weighted by molar-refractivity contribution is -0.499. The summed E-state index contributed by atoms with van der Waals surface area (Å²) >= 11 is 0.328. The van der Waals surface area contributed by atoms with Crippen LogP contribution in [0.2, 0.25) is 0 Å². The predicted octanol–water partition coefficient (Wildman–Crippen LogP) is 6.14. The van der Waals surface area contributed by atoms with Crippen LogP contribution in [0.15, 0.2) is 0 Å². The molecule has 0 nitrogen and oxygen atoms in total. The zero-order valence-corrected chi connectivity index (χ0v) is 12.9. The third kappa shape index (κ3) is 2.13. The monoisotopic (exact) mass is 510 g/mol. The summed E-state index contributed by atoms with van der Waals surface area (Å²) in [6.45, 7) is 0. The van der Waals surface area contributed by atoms with Gasteiger partial charge in [0.1, 0.15) is 0 Å². The number of halogens is 18. The molecular weight excluding hydrogens is 511 g/mol. The zero-order valence-electron chi connectivity index (χ0n) is 11.3. The molecule has 1 fully saturated rings.